The van der Waals surface area contributed by atoms with Gasteiger partial charge in [0.2, 0.25) is 5.91 Å². The van der Waals surface area contributed by atoms with E-state index >= 15 is 0 Å². The number of para-hydroxylation sites is 1. The number of fused-ring (bicyclic) bond motifs is 1. The minimum absolute atomic E-state index is 0.0162. The number of amides is 1. The molecule has 4 rings (SSSR count). The highest BCUT2D eigenvalue weighted by Crippen LogP contribution is 2.24. The fourth-order valence-corrected chi connectivity index (χ4v) is 4.18. The first-order chi connectivity index (χ1) is 13.6. The van der Waals surface area contributed by atoms with E-state index < -0.39 is 0 Å². The summed E-state index contributed by atoms with van der Waals surface area (Å²) in [4.78, 5) is 17.1. The number of nitrogens with zero attached hydrogens (tertiary/aromatic N) is 4. The predicted molar refractivity (Wildman–Crippen MR) is 107 cm³/mol. The maximum atomic E-state index is 12.6. The molecule has 1 aromatic carbocycles. The molecule has 3 aromatic rings. The molecule has 0 fully saturated rings. The van der Waals surface area contributed by atoms with Crippen LogP contribution in [-0.2, 0) is 24.2 Å². The van der Waals surface area contributed by atoms with Crippen molar-refractivity contribution < 1.29 is 9.53 Å². The molecule has 0 aliphatic carbocycles. The Hall–Kier alpha value is -2.74. The van der Waals surface area contributed by atoms with Crippen LogP contribution in [0.4, 0.5) is 0 Å². The van der Waals surface area contributed by atoms with Gasteiger partial charge < -0.3 is 14.6 Å². The quantitative estimate of drug-likeness (QED) is 0.716. The molecule has 1 atom stereocenters. The van der Waals surface area contributed by atoms with Gasteiger partial charge in [0, 0.05) is 30.0 Å². The number of aromatic nitrogens is 4. The van der Waals surface area contributed by atoms with Gasteiger partial charge in [0.15, 0.2) is 5.82 Å². The Kier molecular flexibility index (Phi) is 5.38. The molecule has 28 heavy (non-hydrogen) atoms. The molecule has 0 bridgehead atoms. The third kappa shape index (κ3) is 3.91. The lowest BCUT2D eigenvalue weighted by Gasteiger charge is -2.17. The fraction of sp³-hybridized carbons (Fsp3) is 0.400. The molecule has 1 aliphatic heterocycles. The first-order valence-electron chi connectivity index (χ1n) is 9.40. The van der Waals surface area contributed by atoms with E-state index in [1.54, 1.807) is 18.4 Å². The molecule has 0 saturated heterocycles. The molecule has 1 unspecified atom stereocenters. The van der Waals surface area contributed by atoms with Crippen LogP contribution in [0.1, 0.15) is 29.2 Å². The van der Waals surface area contributed by atoms with Gasteiger partial charge in [-0.05, 0) is 25.8 Å². The Morgan fingerprint density at radius 1 is 1.32 bits per heavy atom. The van der Waals surface area contributed by atoms with E-state index in [2.05, 4.69) is 25.1 Å². The van der Waals surface area contributed by atoms with Gasteiger partial charge in [-0.15, -0.1) is 21.5 Å². The number of carbonyl (C=O) groups excluding carboxylic acids is 1. The van der Waals surface area contributed by atoms with Gasteiger partial charge >= 0.3 is 0 Å². The van der Waals surface area contributed by atoms with E-state index in [9.17, 15) is 4.79 Å². The average molecular weight is 398 g/mol. The molecular weight excluding hydrogens is 374 g/mol. The number of ether oxygens (including phenoxy) is 1. The number of nitrogens with one attached hydrogen (secondary N) is 1. The van der Waals surface area contributed by atoms with Gasteiger partial charge in [-0.1, -0.05) is 18.2 Å². The van der Waals surface area contributed by atoms with E-state index in [1.807, 2.05) is 36.6 Å². The number of carbonyl (C=O) groups is 1. The maximum Gasteiger partial charge on any atom is 0.224 e. The van der Waals surface area contributed by atoms with Gasteiger partial charge in [0.05, 0.1) is 18.5 Å². The van der Waals surface area contributed by atoms with Crippen molar-refractivity contribution in [3.63, 3.8) is 0 Å². The van der Waals surface area contributed by atoms with Gasteiger partial charge in [0.25, 0.3) is 0 Å². The molecule has 2 aromatic heterocycles. The van der Waals surface area contributed by atoms with Crippen molar-refractivity contribution in [1.29, 1.82) is 0 Å². The molecule has 1 aliphatic rings. The second-order valence-corrected chi connectivity index (χ2v) is 7.99. The second-order valence-electron chi connectivity index (χ2n) is 6.92. The van der Waals surface area contributed by atoms with Gasteiger partial charge in [-0.2, -0.15) is 0 Å². The minimum atomic E-state index is 0.0162. The monoisotopic (exact) mass is 397 g/mol. The third-order valence-electron chi connectivity index (χ3n) is 5.00. The highest BCUT2D eigenvalue weighted by Gasteiger charge is 2.23. The van der Waals surface area contributed by atoms with E-state index in [0.29, 0.717) is 6.42 Å². The summed E-state index contributed by atoms with van der Waals surface area (Å²) in [5, 5.41) is 14.9. The molecule has 146 valence electrons. The third-order valence-corrected chi connectivity index (χ3v) is 5.78. The Balaban J connectivity index is 1.40. The van der Waals surface area contributed by atoms with Gasteiger partial charge in [-0.3, -0.25) is 4.79 Å². The SMILES string of the molecule is COc1ccccc1CC(=O)NC1CCc2nnc(-c3csc(C)n3)n2CC1. The summed E-state index contributed by atoms with van der Waals surface area (Å²) < 4.78 is 7.48. The number of rotatable bonds is 5. The molecule has 7 nitrogen and oxygen atoms in total. The summed E-state index contributed by atoms with van der Waals surface area (Å²) in [6.45, 7) is 2.76. The van der Waals surface area contributed by atoms with Crippen molar-refractivity contribution in [1.82, 2.24) is 25.1 Å². The first kappa shape index (κ1) is 18.6. The largest absolute Gasteiger partial charge is 0.496 e. The fourth-order valence-electron chi connectivity index (χ4n) is 3.59. The number of hydrogen-bond donors (Lipinski definition) is 1. The van der Waals surface area contributed by atoms with Crippen molar-refractivity contribution in [3.8, 4) is 17.3 Å². The highest BCUT2D eigenvalue weighted by atomic mass is 32.1. The van der Waals surface area contributed by atoms with Crippen LogP contribution in [-0.4, -0.2) is 38.8 Å². The van der Waals surface area contributed by atoms with Crippen LogP contribution >= 0.6 is 11.3 Å². The van der Waals surface area contributed by atoms with Crippen LogP contribution in [0.2, 0.25) is 0 Å². The van der Waals surface area contributed by atoms with Crippen LogP contribution < -0.4 is 10.1 Å². The number of hydrogen-bond acceptors (Lipinski definition) is 6. The number of aryl methyl sites for hydroxylation is 2. The van der Waals surface area contributed by atoms with Gasteiger partial charge in [0.1, 0.15) is 17.3 Å². The summed E-state index contributed by atoms with van der Waals surface area (Å²) in [5.74, 6) is 2.54. The van der Waals surface area contributed by atoms with Crippen LogP contribution in [0.3, 0.4) is 0 Å². The Morgan fingerprint density at radius 3 is 2.96 bits per heavy atom. The summed E-state index contributed by atoms with van der Waals surface area (Å²) in [5.41, 5.74) is 1.77. The molecule has 0 radical (unpaired) electrons. The molecule has 0 spiro atoms. The lowest BCUT2D eigenvalue weighted by molar-refractivity contribution is -0.121. The van der Waals surface area contributed by atoms with Gasteiger partial charge in [-0.25, -0.2) is 4.98 Å². The summed E-state index contributed by atoms with van der Waals surface area (Å²) in [7, 11) is 1.62. The lowest BCUT2D eigenvalue weighted by atomic mass is 10.1. The molecule has 0 saturated carbocycles. The number of thiazole rings is 1. The topological polar surface area (TPSA) is 81.9 Å². The van der Waals surface area contributed by atoms with Crippen molar-refractivity contribution in [2.24, 2.45) is 0 Å². The Morgan fingerprint density at radius 2 is 2.18 bits per heavy atom. The van der Waals surface area contributed by atoms with Crippen molar-refractivity contribution in [3.05, 3.63) is 46.0 Å². The van der Waals surface area contributed by atoms with Crippen molar-refractivity contribution >= 4 is 17.2 Å². The molecule has 8 heteroatoms. The standard InChI is InChI=1S/C20H23N5O2S/c1-13-21-16(12-28-13)20-24-23-18-8-7-15(9-10-25(18)20)22-19(26)11-14-5-3-4-6-17(14)27-2/h3-6,12,15H,7-11H2,1-2H3,(H,22,26). The summed E-state index contributed by atoms with van der Waals surface area (Å²) in [6.07, 6.45) is 2.80. The zero-order valence-corrected chi connectivity index (χ0v) is 16.8. The molecular formula is C20H23N5O2S. The predicted octanol–water partition coefficient (Wildman–Crippen LogP) is 2.78. The minimum Gasteiger partial charge on any atom is -0.496 e. The van der Waals surface area contributed by atoms with E-state index in [1.165, 1.54) is 0 Å². The van der Waals surface area contributed by atoms with Crippen molar-refractivity contribution in [2.75, 3.05) is 7.11 Å². The van der Waals surface area contributed by atoms with Crippen molar-refractivity contribution in [2.45, 2.75) is 45.2 Å². The van der Waals surface area contributed by atoms with E-state index in [4.69, 9.17) is 4.74 Å². The summed E-state index contributed by atoms with van der Waals surface area (Å²) >= 11 is 1.61. The molecule has 1 amide bonds. The van der Waals surface area contributed by atoms with Crippen LogP contribution in [0.25, 0.3) is 11.5 Å². The maximum absolute atomic E-state index is 12.6. The highest BCUT2D eigenvalue weighted by molar-refractivity contribution is 7.09. The first-order valence-corrected chi connectivity index (χ1v) is 10.3. The summed E-state index contributed by atoms with van der Waals surface area (Å²) in [6, 6.07) is 7.75. The molecule has 3 heterocycles. The smallest absolute Gasteiger partial charge is 0.224 e. The Bertz CT molecular complexity index is 981. The van der Waals surface area contributed by atoms with E-state index in [0.717, 1.165) is 59.5 Å². The van der Waals surface area contributed by atoms with E-state index in [-0.39, 0.29) is 11.9 Å². The number of benzene rings is 1. The second kappa shape index (κ2) is 8.10. The lowest BCUT2D eigenvalue weighted by Crippen LogP contribution is -2.36. The molecule has 1 N–H and O–H groups in total. The zero-order chi connectivity index (χ0) is 19.5. The van der Waals surface area contributed by atoms with Crippen LogP contribution in [0.15, 0.2) is 29.6 Å². The van der Waals surface area contributed by atoms with Crippen LogP contribution in [0.5, 0.6) is 5.75 Å². The number of methoxy groups -OCH3 is 1. The van der Waals surface area contributed by atoms with Crippen LogP contribution in [0, 0.1) is 6.92 Å². The Labute approximate surface area is 167 Å². The average Bonchev–Trinajstić information content (AvgIpc) is 3.25. The zero-order valence-electron chi connectivity index (χ0n) is 16.0. The normalized spacial score (nSPS) is 16.3.